The van der Waals surface area contributed by atoms with Crippen molar-refractivity contribution in [2.24, 2.45) is 0 Å². The highest BCUT2D eigenvalue weighted by molar-refractivity contribution is 5.81. The van der Waals surface area contributed by atoms with Crippen molar-refractivity contribution in [1.82, 2.24) is 10.6 Å². The zero-order valence-corrected chi connectivity index (χ0v) is 9.55. The number of carbonyl (C=O) groups excluding carboxylic acids is 1. The Labute approximate surface area is 91.8 Å². The quantitative estimate of drug-likeness (QED) is 0.661. The second-order valence-corrected chi connectivity index (χ2v) is 3.99. The molecule has 0 aromatic rings. The van der Waals surface area contributed by atoms with Crippen molar-refractivity contribution in [3.63, 3.8) is 0 Å². The van der Waals surface area contributed by atoms with Gasteiger partial charge in [-0.05, 0) is 25.8 Å². The maximum absolute atomic E-state index is 11.7. The van der Waals surface area contributed by atoms with E-state index < -0.39 is 0 Å². The van der Waals surface area contributed by atoms with Crippen LogP contribution in [0, 0.1) is 0 Å². The Morgan fingerprint density at radius 3 is 3.13 bits per heavy atom. The van der Waals surface area contributed by atoms with Gasteiger partial charge in [-0.25, -0.2) is 0 Å². The second kappa shape index (κ2) is 7.65. The summed E-state index contributed by atoms with van der Waals surface area (Å²) >= 11 is 0. The number of hydrogen-bond acceptors (Lipinski definition) is 3. The third-order valence-corrected chi connectivity index (χ3v) is 2.70. The molecule has 4 heteroatoms. The molecule has 0 unspecified atom stereocenters. The van der Waals surface area contributed by atoms with Crippen LogP contribution in [0.3, 0.4) is 0 Å². The molecule has 1 atom stereocenters. The fraction of sp³-hybridized carbons (Fsp3) is 0.909. The lowest BCUT2D eigenvalue weighted by molar-refractivity contribution is -0.123. The number of amides is 1. The molecule has 0 aliphatic carbocycles. The van der Waals surface area contributed by atoms with Crippen LogP contribution in [0.5, 0.6) is 0 Å². The van der Waals surface area contributed by atoms with Crippen LogP contribution in [0.1, 0.15) is 32.1 Å². The van der Waals surface area contributed by atoms with Crippen LogP contribution in [-0.2, 0) is 9.53 Å². The molecule has 15 heavy (non-hydrogen) atoms. The van der Waals surface area contributed by atoms with Gasteiger partial charge in [-0.1, -0.05) is 12.8 Å². The predicted octanol–water partition coefficient (Wildman–Crippen LogP) is 0.671. The Balaban J connectivity index is 2.14. The minimum atomic E-state index is 0.0232. The normalized spacial score (nSPS) is 22.1. The summed E-state index contributed by atoms with van der Waals surface area (Å²) in [5, 5.41) is 6.21. The number of methoxy groups -OCH3 is 1. The molecule has 88 valence electrons. The average Bonchev–Trinajstić information content (AvgIpc) is 2.52. The third-order valence-electron chi connectivity index (χ3n) is 2.70. The fourth-order valence-corrected chi connectivity index (χ4v) is 1.80. The molecular formula is C11H22N2O2. The number of carbonyl (C=O) groups is 1. The highest BCUT2D eigenvalue weighted by atomic mass is 16.5. The van der Waals surface area contributed by atoms with Crippen molar-refractivity contribution >= 4 is 5.91 Å². The van der Waals surface area contributed by atoms with Gasteiger partial charge in [0.25, 0.3) is 0 Å². The van der Waals surface area contributed by atoms with E-state index in [9.17, 15) is 4.79 Å². The summed E-state index contributed by atoms with van der Waals surface area (Å²) in [5.41, 5.74) is 0. The minimum Gasteiger partial charge on any atom is -0.385 e. The molecule has 0 spiro atoms. The smallest absolute Gasteiger partial charge is 0.237 e. The Morgan fingerprint density at radius 1 is 1.47 bits per heavy atom. The Hall–Kier alpha value is -0.610. The van der Waals surface area contributed by atoms with Gasteiger partial charge in [0.1, 0.15) is 0 Å². The third kappa shape index (κ3) is 5.14. The molecule has 0 aromatic carbocycles. The van der Waals surface area contributed by atoms with E-state index in [1.807, 2.05) is 0 Å². The number of hydrogen-bond donors (Lipinski definition) is 2. The van der Waals surface area contributed by atoms with E-state index in [0.717, 1.165) is 25.8 Å². The number of nitrogens with one attached hydrogen (secondary N) is 2. The molecule has 0 radical (unpaired) electrons. The topological polar surface area (TPSA) is 50.4 Å². The lowest BCUT2D eigenvalue weighted by Gasteiger charge is -2.15. The maximum atomic E-state index is 11.7. The van der Waals surface area contributed by atoms with Crippen molar-refractivity contribution in [2.75, 3.05) is 26.8 Å². The second-order valence-electron chi connectivity index (χ2n) is 3.99. The molecule has 1 aliphatic rings. The first-order valence-electron chi connectivity index (χ1n) is 5.84. The largest absolute Gasteiger partial charge is 0.385 e. The highest BCUT2D eigenvalue weighted by Crippen LogP contribution is 2.08. The number of ether oxygens (including phenoxy) is 1. The van der Waals surface area contributed by atoms with Crippen molar-refractivity contribution in [3.8, 4) is 0 Å². The highest BCUT2D eigenvalue weighted by Gasteiger charge is 2.18. The first-order valence-corrected chi connectivity index (χ1v) is 5.84. The Bertz CT molecular complexity index is 177. The van der Waals surface area contributed by atoms with Crippen molar-refractivity contribution in [3.05, 3.63) is 0 Å². The first-order chi connectivity index (χ1) is 7.34. The van der Waals surface area contributed by atoms with E-state index in [2.05, 4.69) is 10.6 Å². The van der Waals surface area contributed by atoms with Gasteiger partial charge in [-0.3, -0.25) is 4.79 Å². The Morgan fingerprint density at radius 2 is 2.33 bits per heavy atom. The van der Waals surface area contributed by atoms with Gasteiger partial charge in [-0.15, -0.1) is 0 Å². The van der Waals surface area contributed by atoms with Gasteiger partial charge in [0.05, 0.1) is 6.04 Å². The molecule has 0 aromatic heterocycles. The van der Waals surface area contributed by atoms with Crippen LogP contribution < -0.4 is 10.6 Å². The van der Waals surface area contributed by atoms with Gasteiger partial charge >= 0.3 is 0 Å². The molecular weight excluding hydrogens is 192 g/mol. The van der Waals surface area contributed by atoms with Crippen molar-refractivity contribution < 1.29 is 9.53 Å². The maximum Gasteiger partial charge on any atom is 0.237 e. The van der Waals surface area contributed by atoms with Gasteiger partial charge in [0.15, 0.2) is 0 Å². The summed E-state index contributed by atoms with van der Waals surface area (Å²) in [5.74, 6) is 0.146. The standard InChI is InChI=1S/C11H22N2O2/c1-15-9-5-8-13-11(14)10-6-3-2-4-7-12-10/h10,12H,2-9H2,1H3,(H,13,14)/t10-/m1/s1. The van der Waals surface area contributed by atoms with E-state index in [4.69, 9.17) is 4.74 Å². The van der Waals surface area contributed by atoms with E-state index in [1.165, 1.54) is 12.8 Å². The molecule has 0 bridgehead atoms. The molecule has 1 fully saturated rings. The summed E-state index contributed by atoms with van der Waals surface area (Å²) in [7, 11) is 1.68. The van der Waals surface area contributed by atoms with Gasteiger partial charge in [0, 0.05) is 20.3 Å². The molecule has 1 saturated heterocycles. The molecule has 1 aliphatic heterocycles. The lowest BCUT2D eigenvalue weighted by Crippen LogP contribution is -2.44. The van der Waals surface area contributed by atoms with Gasteiger partial charge in [0.2, 0.25) is 5.91 Å². The molecule has 1 amide bonds. The van der Waals surface area contributed by atoms with Crippen LogP contribution in [-0.4, -0.2) is 38.8 Å². The SMILES string of the molecule is COCCCNC(=O)[C@H]1CCCCCN1. The van der Waals surface area contributed by atoms with Crippen LogP contribution in [0.4, 0.5) is 0 Å². The molecule has 1 heterocycles. The van der Waals surface area contributed by atoms with Crippen LogP contribution in [0.25, 0.3) is 0 Å². The summed E-state index contributed by atoms with van der Waals surface area (Å²) in [4.78, 5) is 11.7. The number of rotatable bonds is 5. The zero-order chi connectivity index (χ0) is 10.9. The summed E-state index contributed by atoms with van der Waals surface area (Å²) in [6, 6.07) is 0.0232. The average molecular weight is 214 g/mol. The molecule has 1 rings (SSSR count). The summed E-state index contributed by atoms with van der Waals surface area (Å²) < 4.78 is 4.92. The van der Waals surface area contributed by atoms with Crippen LogP contribution in [0.15, 0.2) is 0 Å². The van der Waals surface area contributed by atoms with Crippen LogP contribution in [0.2, 0.25) is 0 Å². The fourth-order valence-electron chi connectivity index (χ4n) is 1.80. The minimum absolute atomic E-state index is 0.0232. The predicted molar refractivity (Wildman–Crippen MR) is 59.8 cm³/mol. The van der Waals surface area contributed by atoms with E-state index in [-0.39, 0.29) is 11.9 Å². The van der Waals surface area contributed by atoms with E-state index in [0.29, 0.717) is 13.2 Å². The van der Waals surface area contributed by atoms with Gasteiger partial charge in [-0.2, -0.15) is 0 Å². The molecule has 2 N–H and O–H groups in total. The Kier molecular flexibility index (Phi) is 6.36. The summed E-state index contributed by atoms with van der Waals surface area (Å²) in [6.45, 7) is 2.39. The van der Waals surface area contributed by atoms with Crippen molar-refractivity contribution in [2.45, 2.75) is 38.1 Å². The molecule has 4 nitrogen and oxygen atoms in total. The van der Waals surface area contributed by atoms with E-state index >= 15 is 0 Å². The lowest BCUT2D eigenvalue weighted by atomic mass is 10.1. The van der Waals surface area contributed by atoms with Crippen LogP contribution >= 0.6 is 0 Å². The molecule has 0 saturated carbocycles. The van der Waals surface area contributed by atoms with Crippen molar-refractivity contribution in [1.29, 1.82) is 0 Å². The van der Waals surface area contributed by atoms with E-state index in [1.54, 1.807) is 7.11 Å². The summed E-state index contributed by atoms with van der Waals surface area (Å²) in [6.07, 6.45) is 5.43. The van der Waals surface area contributed by atoms with Gasteiger partial charge < -0.3 is 15.4 Å². The first kappa shape index (κ1) is 12.5. The zero-order valence-electron chi connectivity index (χ0n) is 9.55. The monoisotopic (exact) mass is 214 g/mol.